The van der Waals surface area contributed by atoms with Gasteiger partial charge in [-0.05, 0) is 36.8 Å². The summed E-state index contributed by atoms with van der Waals surface area (Å²) in [5.41, 5.74) is 1.81. The largest absolute Gasteiger partial charge is 0.476 e. The van der Waals surface area contributed by atoms with Crippen LogP contribution in [0.3, 0.4) is 0 Å². The van der Waals surface area contributed by atoms with Crippen LogP contribution in [0.15, 0.2) is 36.9 Å². The van der Waals surface area contributed by atoms with E-state index >= 15 is 0 Å². The normalized spacial score (nSPS) is 10.4. The first-order chi connectivity index (χ1) is 9.02. The number of aromatic nitrogens is 2. The zero-order valence-corrected chi connectivity index (χ0v) is 10.4. The van der Waals surface area contributed by atoms with E-state index in [9.17, 15) is 9.18 Å². The standard InChI is InChI=1S/C14H13FN2O2/c1-3-6-17-13(8-12(16-17)14(18)19)10-4-5-11(15)9(2)7-10/h3-5,7-8H,1,6H2,2H3,(H,18,19). The molecule has 1 aromatic heterocycles. The summed E-state index contributed by atoms with van der Waals surface area (Å²) in [5.74, 6) is -1.39. The van der Waals surface area contributed by atoms with Crippen LogP contribution in [0.5, 0.6) is 0 Å². The number of nitrogens with zero attached hydrogens (tertiary/aromatic N) is 2. The van der Waals surface area contributed by atoms with E-state index in [0.717, 1.165) is 5.56 Å². The summed E-state index contributed by atoms with van der Waals surface area (Å²) in [4.78, 5) is 11.0. The molecule has 0 spiro atoms. The first kappa shape index (κ1) is 13.0. The highest BCUT2D eigenvalue weighted by atomic mass is 19.1. The molecule has 2 rings (SSSR count). The molecule has 0 saturated carbocycles. The fourth-order valence-corrected chi connectivity index (χ4v) is 1.82. The molecule has 0 aliphatic rings. The second-order valence-electron chi connectivity index (χ2n) is 4.15. The Balaban J connectivity index is 2.55. The van der Waals surface area contributed by atoms with Gasteiger partial charge < -0.3 is 5.11 Å². The summed E-state index contributed by atoms with van der Waals surface area (Å²) in [6, 6.07) is 6.09. The Labute approximate surface area is 109 Å². The van der Waals surface area contributed by atoms with Gasteiger partial charge >= 0.3 is 5.97 Å². The molecule has 0 aliphatic heterocycles. The number of hydrogen-bond donors (Lipinski definition) is 1. The van der Waals surface area contributed by atoms with E-state index in [1.807, 2.05) is 0 Å². The predicted octanol–water partition coefficient (Wildman–Crippen LogP) is 2.88. The minimum absolute atomic E-state index is 0.0428. The maximum absolute atomic E-state index is 13.3. The smallest absolute Gasteiger partial charge is 0.356 e. The van der Waals surface area contributed by atoms with Crippen LogP contribution < -0.4 is 0 Å². The fourth-order valence-electron chi connectivity index (χ4n) is 1.82. The van der Waals surface area contributed by atoms with Crippen molar-refractivity contribution in [3.8, 4) is 11.3 Å². The van der Waals surface area contributed by atoms with E-state index in [1.165, 1.54) is 16.8 Å². The SMILES string of the molecule is C=CCn1nc(C(=O)O)cc1-c1ccc(F)c(C)c1. The Morgan fingerprint density at radius 3 is 2.84 bits per heavy atom. The lowest BCUT2D eigenvalue weighted by Crippen LogP contribution is -2.03. The van der Waals surface area contributed by atoms with Crippen molar-refractivity contribution in [3.05, 3.63) is 54.0 Å². The minimum Gasteiger partial charge on any atom is -0.476 e. The van der Waals surface area contributed by atoms with Gasteiger partial charge in [0.2, 0.25) is 0 Å². The highest BCUT2D eigenvalue weighted by Gasteiger charge is 2.14. The first-order valence-electron chi connectivity index (χ1n) is 5.71. The molecular weight excluding hydrogens is 247 g/mol. The summed E-state index contributed by atoms with van der Waals surface area (Å²) >= 11 is 0. The summed E-state index contributed by atoms with van der Waals surface area (Å²) in [6.45, 7) is 5.65. The molecule has 98 valence electrons. The highest BCUT2D eigenvalue weighted by molar-refractivity contribution is 5.87. The molecule has 4 nitrogen and oxygen atoms in total. The number of aryl methyl sites for hydroxylation is 1. The van der Waals surface area contributed by atoms with Crippen molar-refractivity contribution in [2.75, 3.05) is 0 Å². The van der Waals surface area contributed by atoms with Crippen LogP contribution >= 0.6 is 0 Å². The molecule has 0 amide bonds. The Morgan fingerprint density at radius 2 is 2.26 bits per heavy atom. The van der Waals surface area contributed by atoms with Crippen molar-refractivity contribution in [1.82, 2.24) is 9.78 Å². The second kappa shape index (κ2) is 5.06. The van der Waals surface area contributed by atoms with Crippen molar-refractivity contribution in [2.45, 2.75) is 13.5 Å². The number of hydrogen-bond acceptors (Lipinski definition) is 2. The van der Waals surface area contributed by atoms with Gasteiger partial charge in [0.15, 0.2) is 5.69 Å². The van der Waals surface area contributed by atoms with Crippen LogP contribution in [-0.4, -0.2) is 20.9 Å². The van der Waals surface area contributed by atoms with Crippen molar-refractivity contribution in [1.29, 1.82) is 0 Å². The van der Waals surface area contributed by atoms with Crippen LogP contribution in [-0.2, 0) is 6.54 Å². The van der Waals surface area contributed by atoms with Gasteiger partial charge in [-0.1, -0.05) is 6.08 Å². The van der Waals surface area contributed by atoms with Gasteiger partial charge in [0, 0.05) is 5.56 Å². The molecule has 2 aromatic rings. The third-order valence-electron chi connectivity index (χ3n) is 2.75. The maximum Gasteiger partial charge on any atom is 0.356 e. The summed E-state index contributed by atoms with van der Waals surface area (Å²) in [6.07, 6.45) is 1.62. The van der Waals surface area contributed by atoms with Gasteiger partial charge in [-0.3, -0.25) is 4.68 Å². The Bertz CT molecular complexity index is 647. The first-order valence-corrected chi connectivity index (χ1v) is 5.71. The summed E-state index contributed by atoms with van der Waals surface area (Å²) < 4.78 is 14.8. The van der Waals surface area contributed by atoms with Crippen LogP contribution in [0.2, 0.25) is 0 Å². The van der Waals surface area contributed by atoms with E-state index in [0.29, 0.717) is 17.8 Å². The van der Waals surface area contributed by atoms with Crippen LogP contribution in [0, 0.1) is 12.7 Å². The second-order valence-corrected chi connectivity index (χ2v) is 4.15. The number of carbonyl (C=O) groups is 1. The molecular formula is C14H13FN2O2. The molecule has 1 N–H and O–H groups in total. The van der Waals surface area contributed by atoms with Gasteiger partial charge in [-0.2, -0.15) is 5.10 Å². The van der Waals surface area contributed by atoms with E-state index in [1.54, 1.807) is 25.1 Å². The summed E-state index contributed by atoms with van der Waals surface area (Å²) in [5, 5.41) is 13.0. The molecule has 1 heterocycles. The average Bonchev–Trinajstić information content (AvgIpc) is 2.77. The number of benzene rings is 1. The number of carboxylic acid groups (broad SMARTS) is 1. The maximum atomic E-state index is 13.3. The third-order valence-corrected chi connectivity index (χ3v) is 2.75. The van der Waals surface area contributed by atoms with E-state index < -0.39 is 5.97 Å². The molecule has 0 fully saturated rings. The molecule has 0 atom stereocenters. The number of carboxylic acids is 1. The van der Waals surface area contributed by atoms with Gasteiger partial charge in [0.1, 0.15) is 5.82 Å². The number of aromatic carboxylic acids is 1. The Kier molecular flexibility index (Phi) is 3.46. The van der Waals surface area contributed by atoms with Crippen LogP contribution in [0.4, 0.5) is 4.39 Å². The molecule has 0 radical (unpaired) electrons. The van der Waals surface area contributed by atoms with Gasteiger partial charge in [-0.15, -0.1) is 6.58 Å². The van der Waals surface area contributed by atoms with E-state index in [4.69, 9.17) is 5.11 Å². The molecule has 1 aromatic carbocycles. The zero-order valence-electron chi connectivity index (χ0n) is 10.4. The molecule has 0 saturated heterocycles. The van der Waals surface area contributed by atoms with Crippen molar-refractivity contribution < 1.29 is 14.3 Å². The highest BCUT2D eigenvalue weighted by Crippen LogP contribution is 2.23. The molecule has 19 heavy (non-hydrogen) atoms. The Morgan fingerprint density at radius 1 is 1.53 bits per heavy atom. The summed E-state index contributed by atoms with van der Waals surface area (Å²) in [7, 11) is 0. The third kappa shape index (κ3) is 2.54. The topological polar surface area (TPSA) is 55.1 Å². The van der Waals surface area contributed by atoms with Crippen molar-refractivity contribution in [3.63, 3.8) is 0 Å². The number of allylic oxidation sites excluding steroid dienone is 1. The molecule has 5 heteroatoms. The van der Waals surface area contributed by atoms with Crippen LogP contribution in [0.1, 0.15) is 16.1 Å². The number of rotatable bonds is 4. The lowest BCUT2D eigenvalue weighted by molar-refractivity contribution is 0.0689. The number of halogens is 1. The van der Waals surface area contributed by atoms with E-state index in [-0.39, 0.29) is 11.5 Å². The van der Waals surface area contributed by atoms with Crippen LogP contribution in [0.25, 0.3) is 11.3 Å². The van der Waals surface area contributed by atoms with Gasteiger partial charge in [-0.25, -0.2) is 9.18 Å². The quantitative estimate of drug-likeness (QED) is 0.860. The van der Waals surface area contributed by atoms with Gasteiger partial charge in [0.25, 0.3) is 0 Å². The Hall–Kier alpha value is -2.43. The molecule has 0 bridgehead atoms. The average molecular weight is 260 g/mol. The van der Waals surface area contributed by atoms with Crippen molar-refractivity contribution in [2.24, 2.45) is 0 Å². The van der Waals surface area contributed by atoms with E-state index in [2.05, 4.69) is 11.7 Å². The monoisotopic (exact) mass is 260 g/mol. The predicted molar refractivity (Wildman–Crippen MR) is 69.5 cm³/mol. The minimum atomic E-state index is -1.09. The molecule has 0 aliphatic carbocycles. The lowest BCUT2D eigenvalue weighted by atomic mass is 10.1. The van der Waals surface area contributed by atoms with Gasteiger partial charge in [0.05, 0.1) is 12.2 Å². The van der Waals surface area contributed by atoms with Crippen molar-refractivity contribution >= 4 is 5.97 Å². The lowest BCUT2D eigenvalue weighted by Gasteiger charge is -2.06. The fraction of sp³-hybridized carbons (Fsp3) is 0.143. The zero-order chi connectivity index (χ0) is 14.0. The molecule has 0 unspecified atom stereocenters.